The number of aromatic carboxylic acids is 1. The summed E-state index contributed by atoms with van der Waals surface area (Å²) < 4.78 is 27.4. The molecule has 0 aliphatic rings. The molecule has 0 radical (unpaired) electrons. The van der Waals surface area contributed by atoms with Gasteiger partial charge in [0.2, 0.25) is 0 Å². The summed E-state index contributed by atoms with van der Waals surface area (Å²) >= 11 is 0. The summed E-state index contributed by atoms with van der Waals surface area (Å²) in [6.45, 7) is 0. The zero-order valence-electron chi connectivity index (χ0n) is 15.7. The molecular formula is C20H15N3O7S. The summed E-state index contributed by atoms with van der Waals surface area (Å²) in [5, 5.41) is 22.6. The van der Waals surface area contributed by atoms with Crippen molar-refractivity contribution in [2.75, 3.05) is 10.0 Å². The van der Waals surface area contributed by atoms with Crippen LogP contribution in [0.25, 0.3) is 0 Å². The van der Waals surface area contributed by atoms with Gasteiger partial charge in [0.05, 0.1) is 21.1 Å². The van der Waals surface area contributed by atoms with Gasteiger partial charge in [-0.05, 0) is 36.4 Å². The van der Waals surface area contributed by atoms with Crippen molar-refractivity contribution in [3.63, 3.8) is 0 Å². The fraction of sp³-hybridized carbons (Fsp3) is 0. The second-order valence-electron chi connectivity index (χ2n) is 6.25. The minimum Gasteiger partial charge on any atom is -0.478 e. The number of hydrogen-bond donors (Lipinski definition) is 3. The van der Waals surface area contributed by atoms with Gasteiger partial charge >= 0.3 is 5.97 Å². The first-order valence-electron chi connectivity index (χ1n) is 8.68. The fourth-order valence-electron chi connectivity index (χ4n) is 2.68. The molecule has 0 saturated heterocycles. The van der Waals surface area contributed by atoms with Crippen LogP contribution in [0.3, 0.4) is 0 Å². The third kappa shape index (κ3) is 5.03. The highest BCUT2D eigenvalue weighted by Gasteiger charge is 2.19. The summed E-state index contributed by atoms with van der Waals surface area (Å²) in [4.78, 5) is 33.7. The number of carbonyl (C=O) groups excluding carboxylic acids is 1. The number of carbonyl (C=O) groups is 2. The lowest BCUT2D eigenvalue weighted by Gasteiger charge is -2.11. The second-order valence-corrected chi connectivity index (χ2v) is 7.93. The van der Waals surface area contributed by atoms with Crippen molar-refractivity contribution in [2.24, 2.45) is 0 Å². The number of benzene rings is 3. The monoisotopic (exact) mass is 441 g/mol. The number of nitrogens with zero attached hydrogens (tertiary/aromatic N) is 1. The van der Waals surface area contributed by atoms with Crippen LogP contribution in [0.15, 0.2) is 77.7 Å². The van der Waals surface area contributed by atoms with Crippen LogP contribution in [0.1, 0.15) is 20.7 Å². The number of rotatable bonds is 7. The van der Waals surface area contributed by atoms with E-state index in [0.717, 1.165) is 6.07 Å². The molecule has 158 valence electrons. The molecule has 10 nitrogen and oxygen atoms in total. The van der Waals surface area contributed by atoms with Gasteiger partial charge in [-0.3, -0.25) is 19.6 Å². The molecule has 0 bridgehead atoms. The lowest BCUT2D eigenvalue weighted by Crippen LogP contribution is -2.16. The van der Waals surface area contributed by atoms with E-state index in [1.165, 1.54) is 60.7 Å². The minimum absolute atomic E-state index is 0.0469. The smallest absolute Gasteiger partial charge is 0.337 e. The number of amides is 1. The van der Waals surface area contributed by atoms with Crippen LogP contribution in [0.2, 0.25) is 0 Å². The third-order valence-electron chi connectivity index (χ3n) is 4.12. The zero-order chi connectivity index (χ0) is 22.6. The molecule has 0 aromatic heterocycles. The molecule has 0 fully saturated rings. The molecule has 0 aliphatic heterocycles. The summed E-state index contributed by atoms with van der Waals surface area (Å²) in [7, 11) is -4.15. The number of sulfonamides is 1. The number of carboxylic acids is 1. The first-order valence-corrected chi connectivity index (χ1v) is 10.2. The molecule has 0 aliphatic carbocycles. The first kappa shape index (κ1) is 21.5. The van der Waals surface area contributed by atoms with Crippen molar-refractivity contribution >= 4 is 39.0 Å². The van der Waals surface area contributed by atoms with Crippen molar-refractivity contribution in [3.8, 4) is 0 Å². The van der Waals surface area contributed by atoms with Crippen LogP contribution in [0, 0.1) is 10.1 Å². The number of para-hydroxylation sites is 1. The van der Waals surface area contributed by atoms with E-state index >= 15 is 0 Å². The number of anilines is 2. The van der Waals surface area contributed by atoms with Crippen molar-refractivity contribution in [1.29, 1.82) is 0 Å². The van der Waals surface area contributed by atoms with Crippen LogP contribution in [-0.4, -0.2) is 30.3 Å². The Morgan fingerprint density at radius 1 is 0.935 bits per heavy atom. The molecule has 3 aromatic rings. The molecule has 3 aromatic carbocycles. The van der Waals surface area contributed by atoms with Gasteiger partial charge in [0.15, 0.2) is 0 Å². The lowest BCUT2D eigenvalue weighted by molar-refractivity contribution is -0.385. The molecule has 3 rings (SSSR count). The Kier molecular flexibility index (Phi) is 5.97. The van der Waals surface area contributed by atoms with Gasteiger partial charge in [-0.25, -0.2) is 13.2 Å². The molecule has 0 heterocycles. The average Bonchev–Trinajstić information content (AvgIpc) is 2.74. The van der Waals surface area contributed by atoms with E-state index in [4.69, 9.17) is 0 Å². The van der Waals surface area contributed by atoms with Gasteiger partial charge in [0, 0.05) is 23.4 Å². The van der Waals surface area contributed by atoms with Crippen molar-refractivity contribution in [1.82, 2.24) is 0 Å². The molecule has 0 spiro atoms. The number of nitrogens with one attached hydrogen (secondary N) is 2. The predicted octanol–water partition coefficient (Wildman–Crippen LogP) is 3.35. The Morgan fingerprint density at radius 2 is 1.65 bits per heavy atom. The Labute approximate surface area is 176 Å². The Bertz CT molecular complexity index is 1290. The van der Waals surface area contributed by atoms with Gasteiger partial charge < -0.3 is 10.4 Å². The third-order valence-corrected chi connectivity index (χ3v) is 5.50. The fourth-order valence-corrected chi connectivity index (χ4v) is 3.76. The van der Waals surface area contributed by atoms with Crippen molar-refractivity contribution in [3.05, 3.63) is 94.0 Å². The normalized spacial score (nSPS) is 10.8. The van der Waals surface area contributed by atoms with E-state index in [0.29, 0.717) is 0 Å². The van der Waals surface area contributed by atoms with Crippen LogP contribution < -0.4 is 10.0 Å². The van der Waals surface area contributed by atoms with Gasteiger partial charge in [-0.15, -0.1) is 0 Å². The van der Waals surface area contributed by atoms with E-state index < -0.39 is 26.8 Å². The van der Waals surface area contributed by atoms with Crippen LogP contribution in [0.4, 0.5) is 17.1 Å². The van der Waals surface area contributed by atoms with E-state index in [2.05, 4.69) is 10.0 Å². The summed E-state index contributed by atoms with van der Waals surface area (Å²) in [6, 6.07) is 15.9. The number of nitro groups is 1. The van der Waals surface area contributed by atoms with Crippen LogP contribution in [0.5, 0.6) is 0 Å². The molecule has 0 saturated carbocycles. The standard InChI is InChI=1S/C20H15N3O7S/c24-19(21-18-10-2-1-9-17(18)20(25)26)13-5-3-6-14(11-13)22-31(29,30)16-8-4-7-15(12-16)23(27)28/h1-12,22H,(H,21,24)(H,25,26). The molecule has 11 heteroatoms. The highest BCUT2D eigenvalue weighted by atomic mass is 32.2. The van der Waals surface area contributed by atoms with Crippen LogP contribution >= 0.6 is 0 Å². The lowest BCUT2D eigenvalue weighted by atomic mass is 10.1. The highest BCUT2D eigenvalue weighted by Crippen LogP contribution is 2.22. The molecule has 1 amide bonds. The number of nitro benzene ring substituents is 1. The largest absolute Gasteiger partial charge is 0.478 e. The SMILES string of the molecule is O=C(Nc1ccccc1C(=O)O)c1cccc(NS(=O)(=O)c2cccc([N+](=O)[O-])c2)c1. The van der Waals surface area contributed by atoms with Gasteiger partial charge in [0.1, 0.15) is 0 Å². The quantitative estimate of drug-likeness (QED) is 0.375. The summed E-state index contributed by atoms with van der Waals surface area (Å²) in [6.07, 6.45) is 0. The number of carboxylic acid groups (broad SMARTS) is 1. The zero-order valence-corrected chi connectivity index (χ0v) is 16.5. The predicted molar refractivity (Wildman–Crippen MR) is 112 cm³/mol. The Morgan fingerprint density at radius 3 is 2.35 bits per heavy atom. The Hall–Kier alpha value is -4.25. The van der Waals surface area contributed by atoms with Gasteiger partial charge in [-0.1, -0.05) is 24.3 Å². The van der Waals surface area contributed by atoms with E-state index in [-0.39, 0.29) is 33.1 Å². The van der Waals surface area contributed by atoms with E-state index in [1.807, 2.05) is 0 Å². The van der Waals surface area contributed by atoms with Crippen molar-refractivity contribution in [2.45, 2.75) is 4.90 Å². The molecule has 0 unspecified atom stereocenters. The maximum atomic E-state index is 12.6. The molecule has 0 atom stereocenters. The van der Waals surface area contributed by atoms with E-state index in [9.17, 15) is 33.2 Å². The topological polar surface area (TPSA) is 156 Å². The second kappa shape index (κ2) is 8.63. The maximum Gasteiger partial charge on any atom is 0.337 e. The average molecular weight is 441 g/mol. The summed E-state index contributed by atoms with van der Waals surface area (Å²) in [5.41, 5.74) is -0.279. The summed E-state index contributed by atoms with van der Waals surface area (Å²) in [5.74, 6) is -1.86. The van der Waals surface area contributed by atoms with Crippen LogP contribution in [-0.2, 0) is 10.0 Å². The minimum atomic E-state index is -4.15. The van der Waals surface area contributed by atoms with E-state index in [1.54, 1.807) is 6.07 Å². The maximum absolute atomic E-state index is 12.6. The van der Waals surface area contributed by atoms with Gasteiger partial charge in [-0.2, -0.15) is 0 Å². The highest BCUT2D eigenvalue weighted by molar-refractivity contribution is 7.92. The Balaban J connectivity index is 1.83. The number of hydrogen-bond acceptors (Lipinski definition) is 6. The van der Waals surface area contributed by atoms with Crippen molar-refractivity contribution < 1.29 is 28.0 Å². The van der Waals surface area contributed by atoms with Gasteiger partial charge in [0.25, 0.3) is 21.6 Å². The molecule has 3 N–H and O–H groups in total. The number of non-ortho nitro benzene ring substituents is 1. The molecular weight excluding hydrogens is 426 g/mol. The first-order chi connectivity index (χ1) is 14.7. The molecule has 31 heavy (non-hydrogen) atoms.